The first kappa shape index (κ1) is 12.9. The summed E-state index contributed by atoms with van der Waals surface area (Å²) in [4.78, 5) is 12.3. The Bertz CT molecular complexity index is 416. The summed E-state index contributed by atoms with van der Waals surface area (Å²) in [6.45, 7) is 0. The van der Waals surface area contributed by atoms with Crippen LogP contribution in [-0.2, 0) is 4.79 Å². The Labute approximate surface area is 115 Å². The number of nitrogens with one attached hydrogen (secondary N) is 1. The highest BCUT2D eigenvalue weighted by molar-refractivity contribution is 5.79. The fourth-order valence-electron chi connectivity index (χ4n) is 3.58. The van der Waals surface area contributed by atoms with E-state index >= 15 is 0 Å². The Kier molecular flexibility index (Phi) is 3.74. The van der Waals surface area contributed by atoms with Gasteiger partial charge in [-0.2, -0.15) is 0 Å². The summed E-state index contributed by atoms with van der Waals surface area (Å²) in [6.07, 6.45) is 13.2. The Balaban J connectivity index is 1.54. The lowest BCUT2D eigenvalue weighted by atomic mass is 9.85. The molecule has 0 bridgehead atoms. The average Bonchev–Trinajstić information content (AvgIpc) is 2.87. The predicted octanol–water partition coefficient (Wildman–Crippen LogP) is 2.43. The van der Waals surface area contributed by atoms with Gasteiger partial charge in [0.25, 0.3) is 0 Å². The molecule has 0 aliphatic heterocycles. The molecule has 0 aromatic carbocycles. The highest BCUT2D eigenvalue weighted by atomic mass is 16.1. The third kappa shape index (κ3) is 2.92. The van der Waals surface area contributed by atoms with Gasteiger partial charge in [0.15, 0.2) is 0 Å². The second kappa shape index (κ2) is 5.49. The number of rotatable bonds is 2. The molecule has 0 aromatic rings. The number of carbonyl (C=O) groups excluding carboxylic acids is 1. The number of amides is 1. The van der Waals surface area contributed by atoms with Crippen LogP contribution in [0.4, 0.5) is 0 Å². The molecule has 3 rings (SSSR count). The lowest BCUT2D eigenvalue weighted by Crippen LogP contribution is -2.41. The van der Waals surface area contributed by atoms with Crippen LogP contribution in [0.5, 0.6) is 0 Å². The van der Waals surface area contributed by atoms with Crippen LogP contribution in [-0.4, -0.2) is 18.0 Å². The second-order valence-electron chi connectivity index (χ2n) is 6.24. The normalized spacial score (nSPS) is 34.3. The minimum absolute atomic E-state index is 0.187. The molecule has 3 N–H and O–H groups in total. The minimum Gasteiger partial charge on any atom is -0.349 e. The van der Waals surface area contributed by atoms with Gasteiger partial charge in [-0.05, 0) is 62.5 Å². The van der Waals surface area contributed by atoms with E-state index in [1.807, 2.05) is 0 Å². The fraction of sp³-hybridized carbons (Fsp3) is 0.688. The van der Waals surface area contributed by atoms with Gasteiger partial charge >= 0.3 is 0 Å². The molecule has 2 fully saturated rings. The molecule has 2 saturated carbocycles. The van der Waals surface area contributed by atoms with Crippen LogP contribution < -0.4 is 11.1 Å². The summed E-state index contributed by atoms with van der Waals surface area (Å²) < 4.78 is 0. The van der Waals surface area contributed by atoms with Crippen molar-refractivity contribution < 1.29 is 4.79 Å². The molecule has 0 spiro atoms. The van der Waals surface area contributed by atoms with E-state index in [9.17, 15) is 4.79 Å². The smallest absolute Gasteiger partial charge is 0.223 e. The summed E-state index contributed by atoms with van der Waals surface area (Å²) in [5.74, 6) is 0.427. The number of nitrogens with two attached hydrogens (primary N) is 1. The minimum atomic E-state index is 0.187. The zero-order valence-corrected chi connectivity index (χ0v) is 11.5. The van der Waals surface area contributed by atoms with Crippen LogP contribution in [0.1, 0.15) is 51.4 Å². The molecular weight excluding hydrogens is 236 g/mol. The SMILES string of the molecule is NC1CCC(C(=O)NC2C=C3CCCC3=CC2)CC1. The molecule has 0 heterocycles. The molecule has 3 aliphatic carbocycles. The molecule has 104 valence electrons. The molecule has 0 radical (unpaired) electrons. The van der Waals surface area contributed by atoms with Crippen molar-refractivity contribution >= 4 is 5.91 Å². The number of hydrogen-bond donors (Lipinski definition) is 2. The second-order valence-corrected chi connectivity index (χ2v) is 6.24. The highest BCUT2D eigenvalue weighted by Gasteiger charge is 2.27. The third-order valence-corrected chi connectivity index (χ3v) is 4.80. The van der Waals surface area contributed by atoms with Crippen molar-refractivity contribution in [2.75, 3.05) is 0 Å². The van der Waals surface area contributed by atoms with Crippen molar-refractivity contribution in [2.45, 2.75) is 63.5 Å². The third-order valence-electron chi connectivity index (χ3n) is 4.80. The first-order chi connectivity index (χ1) is 9.22. The first-order valence-electron chi connectivity index (χ1n) is 7.68. The van der Waals surface area contributed by atoms with Crippen molar-refractivity contribution in [2.24, 2.45) is 11.7 Å². The summed E-state index contributed by atoms with van der Waals surface area (Å²) in [6, 6.07) is 0.532. The van der Waals surface area contributed by atoms with Gasteiger partial charge in [0.05, 0.1) is 6.04 Å². The number of allylic oxidation sites excluding steroid dienone is 2. The van der Waals surface area contributed by atoms with Gasteiger partial charge in [0.2, 0.25) is 5.91 Å². The molecule has 19 heavy (non-hydrogen) atoms. The summed E-state index contributed by atoms with van der Waals surface area (Å²) >= 11 is 0. The quantitative estimate of drug-likeness (QED) is 0.801. The van der Waals surface area contributed by atoms with Crippen molar-refractivity contribution in [1.29, 1.82) is 0 Å². The van der Waals surface area contributed by atoms with Crippen LogP contribution in [0.25, 0.3) is 0 Å². The fourth-order valence-corrected chi connectivity index (χ4v) is 3.58. The largest absolute Gasteiger partial charge is 0.349 e. The van der Waals surface area contributed by atoms with Crippen LogP contribution in [0.15, 0.2) is 23.3 Å². The Hall–Kier alpha value is -1.09. The predicted molar refractivity (Wildman–Crippen MR) is 76.5 cm³/mol. The molecule has 3 aliphatic rings. The van der Waals surface area contributed by atoms with Gasteiger partial charge in [0.1, 0.15) is 0 Å². The zero-order valence-electron chi connectivity index (χ0n) is 11.5. The van der Waals surface area contributed by atoms with Crippen LogP contribution >= 0.6 is 0 Å². The summed E-state index contributed by atoms with van der Waals surface area (Å²) in [7, 11) is 0. The van der Waals surface area contributed by atoms with Gasteiger partial charge in [0, 0.05) is 12.0 Å². The molecule has 0 saturated heterocycles. The Morgan fingerprint density at radius 3 is 2.68 bits per heavy atom. The van der Waals surface area contributed by atoms with Gasteiger partial charge < -0.3 is 11.1 Å². The van der Waals surface area contributed by atoms with E-state index in [-0.39, 0.29) is 17.9 Å². The molecule has 3 heteroatoms. The van der Waals surface area contributed by atoms with E-state index in [1.165, 1.54) is 30.4 Å². The van der Waals surface area contributed by atoms with Crippen molar-refractivity contribution in [3.05, 3.63) is 23.3 Å². The van der Waals surface area contributed by atoms with E-state index in [0.29, 0.717) is 6.04 Å². The summed E-state index contributed by atoms with van der Waals surface area (Å²) in [5, 5.41) is 3.22. The van der Waals surface area contributed by atoms with E-state index < -0.39 is 0 Å². The highest BCUT2D eigenvalue weighted by Crippen LogP contribution is 2.34. The van der Waals surface area contributed by atoms with Crippen molar-refractivity contribution in [1.82, 2.24) is 5.32 Å². The number of carbonyl (C=O) groups is 1. The van der Waals surface area contributed by atoms with Gasteiger partial charge in [-0.1, -0.05) is 12.2 Å². The zero-order chi connectivity index (χ0) is 13.2. The molecule has 1 unspecified atom stereocenters. The van der Waals surface area contributed by atoms with E-state index in [0.717, 1.165) is 32.1 Å². The topological polar surface area (TPSA) is 55.1 Å². The molecular formula is C16H24N2O. The maximum Gasteiger partial charge on any atom is 0.223 e. The number of fused-ring (bicyclic) bond motifs is 1. The molecule has 3 nitrogen and oxygen atoms in total. The molecule has 1 atom stereocenters. The van der Waals surface area contributed by atoms with Crippen molar-refractivity contribution in [3.63, 3.8) is 0 Å². The van der Waals surface area contributed by atoms with Gasteiger partial charge in [-0.3, -0.25) is 4.79 Å². The van der Waals surface area contributed by atoms with Gasteiger partial charge in [-0.25, -0.2) is 0 Å². The Morgan fingerprint density at radius 2 is 1.89 bits per heavy atom. The monoisotopic (exact) mass is 260 g/mol. The lowest BCUT2D eigenvalue weighted by Gasteiger charge is -2.27. The first-order valence-corrected chi connectivity index (χ1v) is 7.68. The van der Waals surface area contributed by atoms with Gasteiger partial charge in [-0.15, -0.1) is 0 Å². The standard InChI is InChI=1S/C16H24N2O/c17-14-7-4-12(5-8-14)16(19)18-15-9-6-11-2-1-3-13(11)10-15/h6,10,12,14-15H,1-5,7-9,17H2,(H,18,19). The lowest BCUT2D eigenvalue weighted by molar-refractivity contribution is -0.126. The maximum atomic E-state index is 12.3. The van der Waals surface area contributed by atoms with Crippen LogP contribution in [0, 0.1) is 5.92 Å². The summed E-state index contributed by atoms with van der Waals surface area (Å²) in [5.41, 5.74) is 8.89. The average molecular weight is 260 g/mol. The Morgan fingerprint density at radius 1 is 1.16 bits per heavy atom. The molecule has 0 aromatic heterocycles. The van der Waals surface area contributed by atoms with Crippen molar-refractivity contribution in [3.8, 4) is 0 Å². The molecule has 1 amide bonds. The number of hydrogen-bond acceptors (Lipinski definition) is 2. The maximum absolute atomic E-state index is 12.3. The van der Waals surface area contributed by atoms with E-state index in [1.54, 1.807) is 0 Å². The van der Waals surface area contributed by atoms with E-state index in [2.05, 4.69) is 17.5 Å². The van der Waals surface area contributed by atoms with E-state index in [4.69, 9.17) is 5.73 Å². The van der Waals surface area contributed by atoms with Crippen LogP contribution in [0.2, 0.25) is 0 Å². The van der Waals surface area contributed by atoms with Crippen LogP contribution in [0.3, 0.4) is 0 Å².